The zero-order valence-electron chi connectivity index (χ0n) is 14.2. The van der Waals surface area contributed by atoms with Crippen molar-refractivity contribution in [1.29, 1.82) is 0 Å². The van der Waals surface area contributed by atoms with Gasteiger partial charge in [-0.25, -0.2) is 9.97 Å². The van der Waals surface area contributed by atoms with E-state index < -0.39 is 0 Å². The van der Waals surface area contributed by atoms with Gasteiger partial charge < -0.3 is 10.1 Å². The molecule has 1 N–H and O–H groups in total. The fourth-order valence-corrected chi connectivity index (χ4v) is 2.65. The minimum absolute atomic E-state index is 0.0588. The lowest BCUT2D eigenvalue weighted by molar-refractivity contribution is -0.123. The Balaban J connectivity index is 1.49. The van der Waals surface area contributed by atoms with E-state index in [0.29, 0.717) is 5.88 Å². The third kappa shape index (κ3) is 4.76. The van der Waals surface area contributed by atoms with Gasteiger partial charge in [-0.2, -0.15) is 0 Å². The van der Waals surface area contributed by atoms with Crippen LogP contribution in [-0.4, -0.2) is 28.5 Å². The van der Waals surface area contributed by atoms with Gasteiger partial charge in [0.25, 0.3) is 5.91 Å². The number of carbonyl (C=O) groups excluding carboxylic acids is 1. The van der Waals surface area contributed by atoms with Crippen LogP contribution in [0.25, 0.3) is 10.9 Å². The van der Waals surface area contributed by atoms with E-state index in [2.05, 4.69) is 27.4 Å². The zero-order valence-corrected chi connectivity index (χ0v) is 14.2. The van der Waals surface area contributed by atoms with Gasteiger partial charge in [0.05, 0.1) is 10.9 Å². The highest BCUT2D eigenvalue weighted by molar-refractivity contribution is 5.84. The predicted molar refractivity (Wildman–Crippen MR) is 97.4 cm³/mol. The molecule has 1 atom stereocenters. The minimum atomic E-state index is -0.150. The molecule has 128 valence electrons. The third-order valence-electron chi connectivity index (χ3n) is 3.96. The van der Waals surface area contributed by atoms with E-state index in [9.17, 15) is 4.79 Å². The van der Waals surface area contributed by atoms with E-state index in [0.717, 1.165) is 23.7 Å². The van der Waals surface area contributed by atoms with Gasteiger partial charge in [0.15, 0.2) is 6.61 Å². The number of nitrogens with zero attached hydrogens (tertiary/aromatic N) is 2. The molecule has 5 nitrogen and oxygen atoms in total. The van der Waals surface area contributed by atoms with Crippen LogP contribution in [0.4, 0.5) is 0 Å². The molecule has 25 heavy (non-hydrogen) atoms. The van der Waals surface area contributed by atoms with Crippen molar-refractivity contribution in [3.63, 3.8) is 0 Å². The van der Waals surface area contributed by atoms with Gasteiger partial charge in [-0.3, -0.25) is 4.79 Å². The first-order chi connectivity index (χ1) is 12.2. The number of rotatable bonds is 7. The molecule has 1 aromatic heterocycles. The van der Waals surface area contributed by atoms with E-state index in [1.54, 1.807) is 0 Å². The molecule has 3 aromatic rings. The monoisotopic (exact) mass is 335 g/mol. The molecule has 0 aliphatic carbocycles. The first kappa shape index (κ1) is 16.9. The molecular formula is C20H21N3O2. The Bertz CT molecular complexity index is 831. The summed E-state index contributed by atoms with van der Waals surface area (Å²) in [5.74, 6) is 0.279. The lowest BCUT2D eigenvalue weighted by Gasteiger charge is -2.14. The molecule has 0 aliphatic heterocycles. The fraction of sp³-hybridized carbons (Fsp3) is 0.250. The van der Waals surface area contributed by atoms with Crippen LogP contribution in [0, 0.1) is 0 Å². The van der Waals surface area contributed by atoms with Gasteiger partial charge in [0.1, 0.15) is 6.33 Å². The van der Waals surface area contributed by atoms with Crippen molar-refractivity contribution in [3.8, 4) is 5.88 Å². The Hall–Kier alpha value is -2.95. The average Bonchev–Trinajstić information content (AvgIpc) is 2.65. The highest BCUT2D eigenvalue weighted by atomic mass is 16.5. The number of nitrogens with one attached hydrogen (secondary N) is 1. The summed E-state index contributed by atoms with van der Waals surface area (Å²) >= 11 is 0. The molecule has 1 amide bonds. The van der Waals surface area contributed by atoms with Crippen LogP contribution < -0.4 is 10.1 Å². The van der Waals surface area contributed by atoms with Crippen LogP contribution >= 0.6 is 0 Å². The number of fused-ring (bicyclic) bond motifs is 1. The van der Waals surface area contributed by atoms with Crippen LogP contribution in [0.2, 0.25) is 0 Å². The molecule has 0 saturated carbocycles. The molecule has 5 heteroatoms. The smallest absolute Gasteiger partial charge is 0.258 e. The Kier molecular flexibility index (Phi) is 5.57. The first-order valence-corrected chi connectivity index (χ1v) is 8.38. The van der Waals surface area contributed by atoms with E-state index in [4.69, 9.17) is 4.74 Å². The molecule has 0 saturated heterocycles. The second-order valence-electron chi connectivity index (χ2n) is 5.98. The molecule has 0 bridgehead atoms. The summed E-state index contributed by atoms with van der Waals surface area (Å²) in [6.45, 7) is 1.94. The van der Waals surface area contributed by atoms with Gasteiger partial charge in [-0.15, -0.1) is 0 Å². The Labute approximate surface area is 147 Å². The molecule has 0 radical (unpaired) electrons. The number of hydrogen-bond donors (Lipinski definition) is 1. The van der Waals surface area contributed by atoms with E-state index in [1.165, 1.54) is 11.9 Å². The summed E-state index contributed by atoms with van der Waals surface area (Å²) in [7, 11) is 0. The lowest BCUT2D eigenvalue weighted by Crippen LogP contribution is -2.36. The number of ether oxygens (including phenoxy) is 1. The third-order valence-corrected chi connectivity index (χ3v) is 3.96. The van der Waals surface area contributed by atoms with Crippen molar-refractivity contribution in [2.75, 3.05) is 6.61 Å². The normalized spacial score (nSPS) is 11.9. The van der Waals surface area contributed by atoms with Crippen LogP contribution in [0.3, 0.4) is 0 Å². The van der Waals surface area contributed by atoms with Crippen LogP contribution in [-0.2, 0) is 11.2 Å². The quantitative estimate of drug-likeness (QED) is 0.720. The first-order valence-electron chi connectivity index (χ1n) is 8.38. The molecule has 0 spiro atoms. The van der Waals surface area contributed by atoms with Gasteiger partial charge in [0, 0.05) is 6.04 Å². The Morgan fingerprint density at radius 3 is 2.68 bits per heavy atom. The largest absolute Gasteiger partial charge is 0.467 e. The van der Waals surface area contributed by atoms with E-state index >= 15 is 0 Å². The molecule has 2 aromatic carbocycles. The summed E-state index contributed by atoms with van der Waals surface area (Å²) in [6, 6.07) is 17.9. The van der Waals surface area contributed by atoms with Crippen molar-refractivity contribution in [1.82, 2.24) is 15.3 Å². The topological polar surface area (TPSA) is 64.1 Å². The number of hydrogen-bond acceptors (Lipinski definition) is 4. The summed E-state index contributed by atoms with van der Waals surface area (Å²) in [5, 5.41) is 3.76. The van der Waals surface area contributed by atoms with Gasteiger partial charge in [-0.1, -0.05) is 42.5 Å². The molecule has 0 fully saturated rings. The number of aryl methyl sites for hydroxylation is 1. The second-order valence-corrected chi connectivity index (χ2v) is 5.98. The minimum Gasteiger partial charge on any atom is -0.467 e. The van der Waals surface area contributed by atoms with Crippen molar-refractivity contribution in [2.45, 2.75) is 25.8 Å². The number of para-hydroxylation sites is 1. The highest BCUT2D eigenvalue weighted by Gasteiger charge is 2.10. The van der Waals surface area contributed by atoms with Crippen LogP contribution in [0.15, 0.2) is 60.9 Å². The van der Waals surface area contributed by atoms with E-state index in [-0.39, 0.29) is 18.6 Å². The van der Waals surface area contributed by atoms with Crippen molar-refractivity contribution in [2.24, 2.45) is 0 Å². The maximum atomic E-state index is 12.1. The fourth-order valence-electron chi connectivity index (χ4n) is 2.65. The Morgan fingerprint density at radius 2 is 1.84 bits per heavy atom. The van der Waals surface area contributed by atoms with Crippen molar-refractivity contribution < 1.29 is 9.53 Å². The van der Waals surface area contributed by atoms with Gasteiger partial charge in [-0.05, 0) is 37.5 Å². The molecule has 3 rings (SSSR count). The molecule has 0 unspecified atom stereocenters. The lowest BCUT2D eigenvalue weighted by atomic mass is 10.1. The summed E-state index contributed by atoms with van der Waals surface area (Å²) < 4.78 is 5.58. The van der Waals surface area contributed by atoms with Crippen LogP contribution in [0.1, 0.15) is 18.9 Å². The maximum Gasteiger partial charge on any atom is 0.258 e. The number of aromatic nitrogens is 2. The summed E-state index contributed by atoms with van der Waals surface area (Å²) in [6.07, 6.45) is 3.25. The van der Waals surface area contributed by atoms with Crippen molar-refractivity contribution in [3.05, 3.63) is 66.5 Å². The standard InChI is InChI=1S/C20H21N3O2/c1-15(11-12-16-7-3-2-4-8-16)23-19(24)13-25-20-17-9-5-6-10-18(17)21-14-22-20/h2-10,14-15H,11-13H2,1H3,(H,23,24)/t15-/m1/s1. The second kappa shape index (κ2) is 8.24. The molecular weight excluding hydrogens is 314 g/mol. The highest BCUT2D eigenvalue weighted by Crippen LogP contribution is 2.20. The summed E-state index contributed by atoms with van der Waals surface area (Å²) in [5.41, 5.74) is 2.07. The SMILES string of the molecule is C[C@H](CCc1ccccc1)NC(=O)COc1ncnc2ccccc12. The number of carbonyl (C=O) groups is 1. The predicted octanol–water partition coefficient (Wildman–Crippen LogP) is 3.15. The average molecular weight is 335 g/mol. The van der Waals surface area contributed by atoms with E-state index in [1.807, 2.05) is 49.4 Å². The van der Waals surface area contributed by atoms with Crippen LogP contribution in [0.5, 0.6) is 5.88 Å². The zero-order chi connectivity index (χ0) is 17.5. The number of benzene rings is 2. The number of amides is 1. The van der Waals surface area contributed by atoms with Gasteiger partial charge >= 0.3 is 0 Å². The maximum absolute atomic E-state index is 12.1. The van der Waals surface area contributed by atoms with Gasteiger partial charge in [0.2, 0.25) is 5.88 Å². The molecule has 1 heterocycles. The van der Waals surface area contributed by atoms with Crippen molar-refractivity contribution >= 4 is 16.8 Å². The Morgan fingerprint density at radius 1 is 1.08 bits per heavy atom. The molecule has 0 aliphatic rings. The summed E-state index contributed by atoms with van der Waals surface area (Å²) in [4.78, 5) is 20.4.